The van der Waals surface area contributed by atoms with E-state index in [0.29, 0.717) is 42.1 Å². The van der Waals surface area contributed by atoms with Crippen LogP contribution in [-0.4, -0.2) is 75.3 Å². The van der Waals surface area contributed by atoms with Crippen LogP contribution in [0.25, 0.3) is 33.1 Å². The van der Waals surface area contributed by atoms with E-state index in [1.165, 1.54) is 0 Å². The number of H-pyrrole nitrogens is 2. The number of para-hydroxylation sites is 2. The highest BCUT2D eigenvalue weighted by molar-refractivity contribution is 9.11. The van der Waals surface area contributed by atoms with Gasteiger partial charge in [0.25, 0.3) is 5.91 Å². The third kappa shape index (κ3) is 7.54. The summed E-state index contributed by atoms with van der Waals surface area (Å²) < 4.78 is 7.30. The molecule has 10 nitrogen and oxygen atoms in total. The monoisotopic (exact) mass is 850 g/mol. The van der Waals surface area contributed by atoms with E-state index in [-0.39, 0.29) is 24.3 Å². The Labute approximate surface area is 329 Å². The van der Waals surface area contributed by atoms with Gasteiger partial charge in [-0.25, -0.2) is 4.98 Å². The molecule has 12 heteroatoms. The van der Waals surface area contributed by atoms with Gasteiger partial charge in [0, 0.05) is 53.7 Å². The molecule has 0 saturated carbocycles. The molecule has 4 aromatic carbocycles. The van der Waals surface area contributed by atoms with Crippen LogP contribution in [0.2, 0.25) is 0 Å². The van der Waals surface area contributed by atoms with Crippen LogP contribution in [-0.2, 0) is 14.4 Å². The highest BCUT2D eigenvalue weighted by Crippen LogP contribution is 2.35. The first-order valence-electron chi connectivity index (χ1n) is 18.3. The number of fused-ring (bicyclic) bond motifs is 2. The summed E-state index contributed by atoms with van der Waals surface area (Å²) in [6.07, 6.45) is 3.59. The number of carbonyl (C=O) groups excluding carboxylic acids is 3. The van der Waals surface area contributed by atoms with Gasteiger partial charge in [0.1, 0.15) is 11.6 Å². The predicted octanol–water partition coefficient (Wildman–Crippen LogP) is 8.67. The Bertz CT molecular complexity index is 2350. The average molecular weight is 853 g/mol. The van der Waals surface area contributed by atoms with Crippen LogP contribution >= 0.6 is 31.9 Å². The predicted molar refractivity (Wildman–Crippen MR) is 218 cm³/mol. The van der Waals surface area contributed by atoms with Crippen molar-refractivity contribution in [1.82, 2.24) is 24.8 Å². The minimum absolute atomic E-state index is 0.0215. The van der Waals surface area contributed by atoms with Gasteiger partial charge in [-0.1, -0.05) is 36.4 Å². The molecule has 2 atom stereocenters. The van der Waals surface area contributed by atoms with Crippen molar-refractivity contribution in [3.8, 4) is 16.9 Å². The number of aromatic amines is 2. The fourth-order valence-corrected chi connectivity index (χ4v) is 8.49. The van der Waals surface area contributed by atoms with Gasteiger partial charge in [0.2, 0.25) is 0 Å². The SMILES string of the molecule is Cc1cc2[nH]c(C3CCCN(C(=O)COc4ccccc4Br)C3)nc2cc1-c1ccc(Br)c(NC(=O)C(=O)N2CCCC(c3cc4ccccc4[nH]3)C2)c1. The number of anilines is 1. The zero-order valence-electron chi connectivity index (χ0n) is 29.8. The highest BCUT2D eigenvalue weighted by Gasteiger charge is 2.30. The summed E-state index contributed by atoms with van der Waals surface area (Å²) in [4.78, 5) is 55.5. The van der Waals surface area contributed by atoms with E-state index in [2.05, 4.69) is 77.5 Å². The van der Waals surface area contributed by atoms with Gasteiger partial charge in [-0.05, 0) is 135 Å². The Morgan fingerprint density at radius 2 is 1.59 bits per heavy atom. The van der Waals surface area contributed by atoms with Gasteiger partial charge in [0.05, 0.1) is 21.2 Å². The Kier molecular flexibility index (Phi) is 10.3. The standard InChI is InChI=1S/C42H40Br2N6O4/c1-25-18-36-37(47-40(46-36)29-10-7-16-49(23-29)39(51)24-54-38-13-5-3-11-32(38)44)21-30(25)26-14-15-31(43)35(19-26)48-41(52)42(53)50-17-6-9-28(22-50)34-20-27-8-2-4-12-33(27)45-34/h2-5,8,11-15,18-21,28-29,45H,6-7,9-10,16-17,22-24H2,1H3,(H,46,47)(H,48,52). The largest absolute Gasteiger partial charge is 0.483 e. The molecule has 2 fully saturated rings. The fourth-order valence-electron chi connectivity index (χ4n) is 7.75. The number of nitrogens with zero attached hydrogens (tertiary/aromatic N) is 3. The van der Waals surface area contributed by atoms with E-state index in [1.54, 1.807) is 4.90 Å². The number of amides is 3. The molecule has 0 radical (unpaired) electrons. The number of aromatic nitrogens is 3. The maximum atomic E-state index is 13.5. The number of likely N-dealkylation sites (tertiary alicyclic amines) is 2. The molecule has 4 heterocycles. The number of piperidine rings is 2. The summed E-state index contributed by atoms with van der Waals surface area (Å²) in [7, 11) is 0. The van der Waals surface area contributed by atoms with Crippen molar-refractivity contribution in [2.45, 2.75) is 44.4 Å². The number of nitrogens with one attached hydrogen (secondary N) is 3. The summed E-state index contributed by atoms with van der Waals surface area (Å²) in [6.45, 7) is 4.32. The maximum absolute atomic E-state index is 13.5. The number of hydrogen-bond acceptors (Lipinski definition) is 5. The Hall–Kier alpha value is -4.94. The average Bonchev–Trinajstić information content (AvgIpc) is 3.82. The lowest BCUT2D eigenvalue weighted by molar-refractivity contribution is -0.144. The number of hydrogen-bond donors (Lipinski definition) is 3. The van der Waals surface area contributed by atoms with E-state index >= 15 is 0 Å². The molecular weight excluding hydrogens is 812 g/mol. The van der Waals surface area contributed by atoms with Crippen molar-refractivity contribution in [2.75, 3.05) is 38.1 Å². The molecule has 0 aliphatic carbocycles. The second kappa shape index (κ2) is 15.4. The van der Waals surface area contributed by atoms with E-state index in [0.717, 1.165) is 80.3 Å². The van der Waals surface area contributed by atoms with Gasteiger partial charge in [0.15, 0.2) is 6.61 Å². The van der Waals surface area contributed by atoms with Gasteiger partial charge in [-0.2, -0.15) is 0 Å². The highest BCUT2D eigenvalue weighted by atomic mass is 79.9. The smallest absolute Gasteiger partial charge is 0.313 e. The lowest BCUT2D eigenvalue weighted by Crippen LogP contribution is -2.44. The molecule has 0 spiro atoms. The molecule has 2 aliphatic heterocycles. The first kappa shape index (κ1) is 36.1. The molecule has 0 bridgehead atoms. The third-order valence-electron chi connectivity index (χ3n) is 10.6. The van der Waals surface area contributed by atoms with Crippen LogP contribution in [0, 0.1) is 6.92 Å². The molecule has 3 amide bonds. The van der Waals surface area contributed by atoms with Crippen molar-refractivity contribution in [1.29, 1.82) is 0 Å². The zero-order valence-corrected chi connectivity index (χ0v) is 33.0. The molecule has 6 aromatic rings. The van der Waals surface area contributed by atoms with Crippen molar-refractivity contribution in [2.24, 2.45) is 0 Å². The summed E-state index contributed by atoms with van der Waals surface area (Å²) in [5.74, 6) is 0.480. The first-order chi connectivity index (χ1) is 26.2. The van der Waals surface area contributed by atoms with Crippen LogP contribution in [0.1, 0.15) is 54.6 Å². The lowest BCUT2D eigenvalue weighted by atomic mass is 9.94. The molecule has 2 saturated heterocycles. The number of imidazole rings is 1. The first-order valence-corrected chi connectivity index (χ1v) is 19.9. The Morgan fingerprint density at radius 3 is 2.43 bits per heavy atom. The number of benzene rings is 4. The van der Waals surface area contributed by atoms with Crippen LogP contribution in [0.4, 0.5) is 5.69 Å². The van der Waals surface area contributed by atoms with Gasteiger partial charge in [-0.3, -0.25) is 14.4 Å². The van der Waals surface area contributed by atoms with Gasteiger partial charge < -0.3 is 29.8 Å². The van der Waals surface area contributed by atoms with Crippen molar-refractivity contribution in [3.05, 3.63) is 111 Å². The Morgan fingerprint density at radius 1 is 0.833 bits per heavy atom. The molecule has 54 heavy (non-hydrogen) atoms. The van der Waals surface area contributed by atoms with Crippen molar-refractivity contribution >= 4 is 77.2 Å². The summed E-state index contributed by atoms with van der Waals surface area (Å²) >= 11 is 7.05. The minimum Gasteiger partial charge on any atom is -0.483 e. The molecule has 2 aliphatic rings. The summed E-state index contributed by atoms with van der Waals surface area (Å²) in [5.41, 5.74) is 7.33. The molecule has 2 aromatic heterocycles. The quantitative estimate of drug-likeness (QED) is 0.139. The van der Waals surface area contributed by atoms with Crippen molar-refractivity contribution in [3.63, 3.8) is 0 Å². The molecular formula is C42H40Br2N6O4. The zero-order chi connectivity index (χ0) is 37.3. The van der Waals surface area contributed by atoms with E-state index in [1.807, 2.05) is 66.4 Å². The number of ether oxygens (including phenoxy) is 1. The van der Waals surface area contributed by atoms with E-state index in [9.17, 15) is 14.4 Å². The van der Waals surface area contributed by atoms with Crippen molar-refractivity contribution < 1.29 is 19.1 Å². The topological polar surface area (TPSA) is 123 Å². The fraction of sp³-hybridized carbons (Fsp3) is 0.286. The summed E-state index contributed by atoms with van der Waals surface area (Å²) in [5, 5.41) is 4.02. The maximum Gasteiger partial charge on any atom is 0.313 e. The van der Waals surface area contributed by atoms with Gasteiger partial charge in [-0.15, -0.1) is 0 Å². The van der Waals surface area contributed by atoms with Crippen LogP contribution < -0.4 is 10.1 Å². The van der Waals surface area contributed by atoms with Crippen LogP contribution in [0.3, 0.4) is 0 Å². The third-order valence-corrected chi connectivity index (χ3v) is 12.0. The second-order valence-corrected chi connectivity index (χ2v) is 16.0. The minimum atomic E-state index is -0.659. The van der Waals surface area contributed by atoms with Gasteiger partial charge >= 0.3 is 11.8 Å². The molecule has 3 N–H and O–H groups in total. The normalized spacial score (nSPS) is 17.5. The lowest BCUT2D eigenvalue weighted by Gasteiger charge is -2.32. The van der Waals surface area contributed by atoms with E-state index in [4.69, 9.17) is 9.72 Å². The summed E-state index contributed by atoms with van der Waals surface area (Å²) in [6, 6.07) is 27.7. The molecule has 2 unspecified atom stereocenters. The Balaban J connectivity index is 0.942. The van der Waals surface area contributed by atoms with E-state index < -0.39 is 11.8 Å². The number of aryl methyl sites for hydroxylation is 1. The van der Waals surface area contributed by atoms with Crippen LogP contribution in [0.15, 0.2) is 93.9 Å². The number of halogens is 2. The number of carbonyl (C=O) groups is 3. The number of rotatable bonds is 7. The van der Waals surface area contributed by atoms with Crippen LogP contribution in [0.5, 0.6) is 5.75 Å². The molecule has 8 rings (SSSR count). The second-order valence-electron chi connectivity index (χ2n) is 14.3. The molecule has 276 valence electrons.